The second-order valence-electron chi connectivity index (χ2n) is 5.45. The molecule has 4 heteroatoms. The monoisotopic (exact) mass is 227 g/mol. The molecule has 3 N–H and O–H groups in total. The Bertz CT molecular complexity index is 218. The fourth-order valence-corrected chi connectivity index (χ4v) is 3.02. The van der Waals surface area contributed by atoms with Crippen LogP contribution in [0.4, 0.5) is 0 Å². The van der Waals surface area contributed by atoms with Gasteiger partial charge in [0.1, 0.15) is 0 Å². The van der Waals surface area contributed by atoms with E-state index in [1.54, 1.807) is 0 Å². The second-order valence-corrected chi connectivity index (χ2v) is 5.45. The summed E-state index contributed by atoms with van der Waals surface area (Å²) in [6.45, 7) is 5.09. The van der Waals surface area contributed by atoms with Crippen LogP contribution >= 0.6 is 0 Å². The third kappa shape index (κ3) is 2.40. The van der Waals surface area contributed by atoms with Crippen LogP contribution in [-0.2, 0) is 0 Å². The predicted molar refractivity (Wildman–Crippen MR) is 65.3 cm³/mol. The van der Waals surface area contributed by atoms with Crippen LogP contribution in [0, 0.1) is 0 Å². The lowest BCUT2D eigenvalue weighted by atomic mass is 9.84. The van der Waals surface area contributed by atoms with Crippen molar-refractivity contribution in [3.8, 4) is 0 Å². The van der Waals surface area contributed by atoms with Gasteiger partial charge < -0.3 is 15.7 Å². The van der Waals surface area contributed by atoms with Gasteiger partial charge >= 0.3 is 0 Å². The molecule has 0 aromatic heterocycles. The van der Waals surface area contributed by atoms with E-state index in [9.17, 15) is 5.11 Å². The van der Waals surface area contributed by atoms with Gasteiger partial charge in [-0.15, -0.1) is 0 Å². The van der Waals surface area contributed by atoms with E-state index in [1.807, 2.05) is 0 Å². The minimum Gasteiger partial charge on any atom is -0.393 e. The largest absolute Gasteiger partial charge is 0.393 e. The van der Waals surface area contributed by atoms with E-state index >= 15 is 0 Å². The van der Waals surface area contributed by atoms with Crippen LogP contribution in [0.15, 0.2) is 0 Å². The van der Waals surface area contributed by atoms with Gasteiger partial charge in [-0.3, -0.25) is 4.90 Å². The molecule has 0 atom stereocenters. The van der Waals surface area contributed by atoms with Gasteiger partial charge in [0.2, 0.25) is 0 Å². The van der Waals surface area contributed by atoms with Crippen molar-refractivity contribution >= 4 is 0 Å². The maximum atomic E-state index is 9.56. The Hall–Kier alpha value is -0.160. The van der Waals surface area contributed by atoms with E-state index < -0.39 is 0 Å². The first-order chi connectivity index (χ1) is 7.66. The smallest absolute Gasteiger partial charge is 0.0564 e. The molecule has 2 heterocycles. The fourth-order valence-electron chi connectivity index (χ4n) is 3.02. The van der Waals surface area contributed by atoms with Gasteiger partial charge in [-0.05, 0) is 45.8 Å². The second kappa shape index (κ2) is 5.00. The van der Waals surface area contributed by atoms with Crippen molar-refractivity contribution in [3.05, 3.63) is 0 Å². The van der Waals surface area contributed by atoms with E-state index in [0.717, 1.165) is 45.6 Å². The van der Waals surface area contributed by atoms with Crippen LogP contribution in [0.3, 0.4) is 0 Å². The highest BCUT2D eigenvalue weighted by Crippen LogP contribution is 2.30. The quantitative estimate of drug-likeness (QED) is 0.690. The lowest BCUT2D eigenvalue weighted by Crippen LogP contribution is -2.61. The zero-order valence-electron chi connectivity index (χ0n) is 10.4. The van der Waals surface area contributed by atoms with Crippen LogP contribution in [0.1, 0.15) is 25.7 Å². The zero-order valence-corrected chi connectivity index (χ0v) is 10.4. The van der Waals surface area contributed by atoms with Gasteiger partial charge in [0, 0.05) is 25.2 Å². The minimum absolute atomic E-state index is 0.0858. The lowest BCUT2D eigenvalue weighted by Gasteiger charge is -2.49. The summed E-state index contributed by atoms with van der Waals surface area (Å²) in [4.78, 5) is 4.92. The molecule has 2 fully saturated rings. The van der Waals surface area contributed by atoms with Crippen LogP contribution in [-0.4, -0.2) is 66.3 Å². The zero-order chi connectivity index (χ0) is 11.6. The number of hydrogen-bond donors (Lipinski definition) is 2. The number of hydrogen-bond acceptors (Lipinski definition) is 4. The summed E-state index contributed by atoms with van der Waals surface area (Å²) in [5.74, 6) is 0. The molecule has 4 nitrogen and oxygen atoms in total. The van der Waals surface area contributed by atoms with Gasteiger partial charge in [-0.1, -0.05) is 0 Å². The summed E-state index contributed by atoms with van der Waals surface area (Å²) in [7, 11) is 2.18. The molecule has 0 radical (unpaired) electrons. The Morgan fingerprint density at radius 3 is 2.25 bits per heavy atom. The number of rotatable bonds is 2. The Morgan fingerprint density at radius 2 is 1.75 bits per heavy atom. The van der Waals surface area contributed by atoms with Gasteiger partial charge in [0.15, 0.2) is 0 Å². The molecule has 0 bridgehead atoms. The molecule has 2 aliphatic heterocycles. The van der Waals surface area contributed by atoms with E-state index in [0.29, 0.717) is 0 Å². The van der Waals surface area contributed by atoms with Gasteiger partial charge in [-0.2, -0.15) is 0 Å². The summed E-state index contributed by atoms with van der Waals surface area (Å²) < 4.78 is 0. The molecule has 0 aromatic carbocycles. The van der Waals surface area contributed by atoms with Crippen LogP contribution in [0.25, 0.3) is 0 Å². The van der Waals surface area contributed by atoms with Crippen molar-refractivity contribution in [1.29, 1.82) is 0 Å². The highest BCUT2D eigenvalue weighted by atomic mass is 16.3. The summed E-state index contributed by atoms with van der Waals surface area (Å²) >= 11 is 0. The fraction of sp³-hybridized carbons (Fsp3) is 1.00. The third-order valence-electron chi connectivity index (χ3n) is 4.43. The predicted octanol–water partition coefficient (Wildman–Crippen LogP) is -0.134. The topological polar surface area (TPSA) is 52.7 Å². The lowest BCUT2D eigenvalue weighted by molar-refractivity contribution is -0.0114. The number of likely N-dealkylation sites (tertiary alicyclic amines) is 2. The van der Waals surface area contributed by atoms with Crippen molar-refractivity contribution in [2.24, 2.45) is 5.73 Å². The van der Waals surface area contributed by atoms with Gasteiger partial charge in [0.05, 0.1) is 6.10 Å². The third-order valence-corrected chi connectivity index (χ3v) is 4.43. The number of nitrogens with zero attached hydrogens (tertiary/aromatic N) is 2. The molecule has 94 valence electrons. The van der Waals surface area contributed by atoms with Crippen molar-refractivity contribution in [2.45, 2.75) is 37.3 Å². The van der Waals surface area contributed by atoms with Crippen molar-refractivity contribution < 1.29 is 5.11 Å². The molecular weight excluding hydrogens is 202 g/mol. The molecule has 2 saturated heterocycles. The molecule has 2 rings (SSSR count). The van der Waals surface area contributed by atoms with Gasteiger partial charge in [-0.25, -0.2) is 0 Å². The van der Waals surface area contributed by atoms with E-state index in [-0.39, 0.29) is 11.6 Å². The highest BCUT2D eigenvalue weighted by Gasteiger charge is 2.39. The maximum Gasteiger partial charge on any atom is 0.0564 e. The molecule has 0 spiro atoms. The average Bonchev–Trinajstić information content (AvgIpc) is 2.32. The summed E-state index contributed by atoms with van der Waals surface area (Å²) in [6, 6.07) is 0. The molecular formula is C12H25N3O. The average molecular weight is 227 g/mol. The molecule has 0 aromatic rings. The first-order valence-corrected chi connectivity index (χ1v) is 6.48. The van der Waals surface area contributed by atoms with Crippen LogP contribution in [0.5, 0.6) is 0 Å². The van der Waals surface area contributed by atoms with E-state index in [2.05, 4.69) is 16.8 Å². The van der Waals surface area contributed by atoms with Crippen LogP contribution in [0.2, 0.25) is 0 Å². The Kier molecular flexibility index (Phi) is 3.85. The first kappa shape index (κ1) is 12.3. The molecule has 2 aliphatic rings. The molecule has 0 aliphatic carbocycles. The number of aliphatic hydroxyl groups excluding tert-OH is 1. The van der Waals surface area contributed by atoms with Crippen molar-refractivity contribution in [3.63, 3.8) is 0 Å². The maximum absolute atomic E-state index is 9.56. The molecule has 16 heavy (non-hydrogen) atoms. The molecule has 0 amide bonds. The summed E-state index contributed by atoms with van der Waals surface area (Å²) in [5.41, 5.74) is 6.24. The van der Waals surface area contributed by atoms with E-state index in [1.165, 1.54) is 12.8 Å². The summed E-state index contributed by atoms with van der Waals surface area (Å²) in [6.07, 6.45) is 4.10. The molecule has 0 saturated carbocycles. The number of piperidine rings is 2. The normalized spacial score (nSPS) is 29.4. The van der Waals surface area contributed by atoms with Crippen molar-refractivity contribution in [1.82, 2.24) is 9.80 Å². The summed E-state index contributed by atoms with van der Waals surface area (Å²) in [5, 5.41) is 9.56. The highest BCUT2D eigenvalue weighted by molar-refractivity contribution is 4.97. The standard InChI is InChI=1S/C12H25N3O/c1-14-8-4-12(10-13,5-9-14)15-6-2-11(16)3-7-15/h11,16H,2-10,13H2,1H3. The SMILES string of the molecule is CN1CCC(CN)(N2CCC(O)CC2)CC1. The van der Waals surface area contributed by atoms with E-state index in [4.69, 9.17) is 5.73 Å². The Morgan fingerprint density at radius 1 is 1.19 bits per heavy atom. The minimum atomic E-state index is -0.0858. The number of aliphatic hydroxyl groups is 1. The van der Waals surface area contributed by atoms with Gasteiger partial charge in [0.25, 0.3) is 0 Å². The molecule has 0 unspecified atom stereocenters. The van der Waals surface area contributed by atoms with Crippen molar-refractivity contribution in [2.75, 3.05) is 39.8 Å². The van der Waals surface area contributed by atoms with Crippen LogP contribution < -0.4 is 5.73 Å². The first-order valence-electron chi connectivity index (χ1n) is 6.48. The Labute approximate surface area is 98.4 Å². The number of nitrogens with two attached hydrogens (primary N) is 1. The Balaban J connectivity index is 1.98.